The normalized spacial score (nSPS) is 14.2. The smallest absolute Gasteiger partial charge is 0.265 e. The van der Waals surface area contributed by atoms with Crippen molar-refractivity contribution >= 4 is 33.2 Å². The Hall–Kier alpha value is -3.54. The second-order valence-corrected chi connectivity index (χ2v) is 9.48. The number of nitrogens with zero attached hydrogens (tertiary/aromatic N) is 2. The molecule has 12 heteroatoms. The standard InChI is InChI=1S/C21H22FN3O7S/c1-5-32-19-16(31-3)9-8-13(24-19)15(10-33(4,29)30)25-20(27)17-12(22)6-7-14(23-11(2)26)18(17)21(25)28/h6-9,15H,5,10H2,1-4H3,(H,23,26). The molecule has 33 heavy (non-hydrogen) atoms. The molecule has 2 heterocycles. The molecule has 1 unspecified atom stereocenters. The van der Waals surface area contributed by atoms with E-state index in [-0.39, 0.29) is 35.2 Å². The van der Waals surface area contributed by atoms with Crippen LogP contribution in [0.15, 0.2) is 24.3 Å². The lowest BCUT2D eigenvalue weighted by atomic mass is 10.1. The van der Waals surface area contributed by atoms with Gasteiger partial charge in [0.2, 0.25) is 5.91 Å². The molecule has 1 aliphatic heterocycles. The fourth-order valence-corrected chi connectivity index (χ4v) is 4.41. The van der Waals surface area contributed by atoms with E-state index in [1.54, 1.807) is 6.92 Å². The molecule has 2 aromatic rings. The summed E-state index contributed by atoms with van der Waals surface area (Å²) in [6.07, 6.45) is 0.939. The number of hydrogen-bond acceptors (Lipinski definition) is 8. The topological polar surface area (TPSA) is 132 Å². The van der Waals surface area contributed by atoms with Crippen molar-refractivity contribution in [3.8, 4) is 11.6 Å². The summed E-state index contributed by atoms with van der Waals surface area (Å²) in [4.78, 5) is 42.9. The van der Waals surface area contributed by atoms with Gasteiger partial charge in [0.05, 0.1) is 48.0 Å². The Morgan fingerprint density at radius 2 is 1.85 bits per heavy atom. The summed E-state index contributed by atoms with van der Waals surface area (Å²) in [5, 5.41) is 2.40. The highest BCUT2D eigenvalue weighted by Gasteiger charge is 2.45. The van der Waals surface area contributed by atoms with Gasteiger partial charge in [0.1, 0.15) is 15.7 Å². The maximum atomic E-state index is 14.6. The summed E-state index contributed by atoms with van der Waals surface area (Å²) in [5.41, 5.74) is -0.938. The molecule has 0 aliphatic carbocycles. The number of carbonyl (C=O) groups is 3. The number of halogens is 1. The number of methoxy groups -OCH3 is 1. The van der Waals surface area contributed by atoms with E-state index in [0.29, 0.717) is 4.90 Å². The van der Waals surface area contributed by atoms with E-state index < -0.39 is 50.7 Å². The minimum atomic E-state index is -3.74. The predicted molar refractivity (Wildman–Crippen MR) is 116 cm³/mol. The first-order valence-electron chi connectivity index (χ1n) is 9.81. The van der Waals surface area contributed by atoms with Crippen LogP contribution in [-0.4, -0.2) is 61.7 Å². The zero-order chi connectivity index (χ0) is 24.5. The van der Waals surface area contributed by atoms with Crippen molar-refractivity contribution in [3.63, 3.8) is 0 Å². The van der Waals surface area contributed by atoms with Gasteiger partial charge < -0.3 is 14.8 Å². The largest absolute Gasteiger partial charge is 0.491 e. The zero-order valence-corrected chi connectivity index (χ0v) is 19.2. The number of imide groups is 1. The number of amides is 3. The van der Waals surface area contributed by atoms with Crippen molar-refractivity contribution in [2.24, 2.45) is 0 Å². The van der Waals surface area contributed by atoms with Crippen LogP contribution >= 0.6 is 0 Å². The third kappa shape index (κ3) is 4.80. The number of ether oxygens (including phenoxy) is 2. The van der Waals surface area contributed by atoms with E-state index in [1.807, 2.05) is 0 Å². The third-order valence-corrected chi connectivity index (χ3v) is 5.71. The minimum Gasteiger partial charge on any atom is -0.491 e. The Kier molecular flexibility index (Phi) is 6.68. The Morgan fingerprint density at radius 1 is 1.18 bits per heavy atom. The summed E-state index contributed by atoms with van der Waals surface area (Å²) in [7, 11) is -2.35. The maximum Gasteiger partial charge on any atom is 0.265 e. The van der Waals surface area contributed by atoms with Gasteiger partial charge in [0, 0.05) is 13.2 Å². The van der Waals surface area contributed by atoms with Crippen LogP contribution in [0.1, 0.15) is 46.3 Å². The number of rotatable bonds is 8. The van der Waals surface area contributed by atoms with E-state index in [0.717, 1.165) is 18.4 Å². The molecule has 10 nitrogen and oxygen atoms in total. The first-order chi connectivity index (χ1) is 15.5. The molecule has 0 saturated carbocycles. The molecule has 1 aromatic carbocycles. The Labute approximate surface area is 189 Å². The van der Waals surface area contributed by atoms with Crippen LogP contribution in [0.25, 0.3) is 0 Å². The van der Waals surface area contributed by atoms with Crippen LogP contribution in [0.5, 0.6) is 11.6 Å². The van der Waals surface area contributed by atoms with Gasteiger partial charge in [-0.1, -0.05) is 0 Å². The molecular formula is C21H22FN3O7S. The summed E-state index contributed by atoms with van der Waals surface area (Å²) >= 11 is 0. The second-order valence-electron chi connectivity index (χ2n) is 7.29. The molecule has 1 aliphatic rings. The van der Waals surface area contributed by atoms with E-state index >= 15 is 0 Å². The van der Waals surface area contributed by atoms with Crippen molar-refractivity contribution in [3.05, 3.63) is 46.9 Å². The quantitative estimate of drug-likeness (QED) is 0.569. The first-order valence-corrected chi connectivity index (χ1v) is 11.9. The molecule has 0 radical (unpaired) electrons. The molecule has 3 rings (SSSR count). The van der Waals surface area contributed by atoms with Gasteiger partial charge in [-0.25, -0.2) is 17.8 Å². The molecule has 3 amide bonds. The lowest BCUT2D eigenvalue weighted by molar-refractivity contribution is -0.114. The molecule has 176 valence electrons. The van der Waals surface area contributed by atoms with Gasteiger partial charge in [0.15, 0.2) is 5.75 Å². The molecule has 0 saturated heterocycles. The summed E-state index contributed by atoms with van der Waals surface area (Å²) in [5.74, 6) is -3.87. The molecule has 0 fully saturated rings. The van der Waals surface area contributed by atoms with Crippen molar-refractivity contribution < 1.29 is 36.7 Å². The van der Waals surface area contributed by atoms with E-state index in [1.165, 1.54) is 26.2 Å². The Bertz CT molecular complexity index is 1250. The fourth-order valence-electron chi connectivity index (χ4n) is 3.52. The number of carbonyl (C=O) groups excluding carboxylic acids is 3. The highest BCUT2D eigenvalue weighted by atomic mass is 32.2. The summed E-state index contributed by atoms with van der Waals surface area (Å²) in [6.45, 7) is 3.12. The van der Waals surface area contributed by atoms with Crippen LogP contribution < -0.4 is 14.8 Å². The van der Waals surface area contributed by atoms with Crippen LogP contribution in [0.3, 0.4) is 0 Å². The zero-order valence-electron chi connectivity index (χ0n) is 18.3. The maximum absolute atomic E-state index is 14.6. The van der Waals surface area contributed by atoms with Gasteiger partial charge in [-0.15, -0.1) is 0 Å². The van der Waals surface area contributed by atoms with E-state index in [2.05, 4.69) is 10.3 Å². The lowest BCUT2D eigenvalue weighted by Gasteiger charge is -2.26. The van der Waals surface area contributed by atoms with Crippen molar-refractivity contribution in [2.75, 3.05) is 31.0 Å². The Balaban J connectivity index is 2.17. The van der Waals surface area contributed by atoms with Gasteiger partial charge >= 0.3 is 0 Å². The van der Waals surface area contributed by atoms with Crippen molar-refractivity contribution in [2.45, 2.75) is 19.9 Å². The lowest BCUT2D eigenvalue weighted by Crippen LogP contribution is -2.38. The van der Waals surface area contributed by atoms with Crippen LogP contribution in [0.2, 0.25) is 0 Å². The van der Waals surface area contributed by atoms with Gasteiger partial charge in [-0.3, -0.25) is 19.3 Å². The number of hydrogen-bond donors (Lipinski definition) is 1. The average molecular weight is 479 g/mol. The Morgan fingerprint density at radius 3 is 2.42 bits per heavy atom. The fraction of sp³-hybridized carbons (Fsp3) is 0.333. The highest BCUT2D eigenvalue weighted by molar-refractivity contribution is 7.90. The number of fused-ring (bicyclic) bond motifs is 1. The monoisotopic (exact) mass is 479 g/mol. The van der Waals surface area contributed by atoms with Gasteiger partial charge in [-0.2, -0.15) is 0 Å². The summed E-state index contributed by atoms with van der Waals surface area (Å²) < 4.78 is 49.6. The average Bonchev–Trinajstić information content (AvgIpc) is 2.99. The SMILES string of the molecule is CCOc1nc(C(CS(C)(=O)=O)N2C(=O)c3c(F)ccc(NC(C)=O)c3C2=O)ccc1OC. The first kappa shape index (κ1) is 24.1. The number of pyridine rings is 1. The predicted octanol–water partition coefficient (Wildman–Crippen LogP) is 1.97. The molecule has 1 N–H and O–H groups in total. The minimum absolute atomic E-state index is 0.0284. The van der Waals surface area contributed by atoms with Crippen molar-refractivity contribution in [1.82, 2.24) is 9.88 Å². The van der Waals surface area contributed by atoms with Crippen LogP contribution in [0.4, 0.5) is 10.1 Å². The van der Waals surface area contributed by atoms with Gasteiger partial charge in [-0.05, 0) is 31.2 Å². The van der Waals surface area contributed by atoms with Gasteiger partial charge in [0.25, 0.3) is 17.7 Å². The van der Waals surface area contributed by atoms with E-state index in [9.17, 15) is 27.2 Å². The molecule has 0 spiro atoms. The number of aromatic nitrogens is 1. The summed E-state index contributed by atoms with van der Waals surface area (Å²) in [6, 6.07) is 3.58. The number of benzene rings is 1. The van der Waals surface area contributed by atoms with E-state index in [4.69, 9.17) is 9.47 Å². The highest BCUT2D eigenvalue weighted by Crippen LogP contribution is 2.38. The van der Waals surface area contributed by atoms with Crippen molar-refractivity contribution in [1.29, 1.82) is 0 Å². The second kappa shape index (κ2) is 9.14. The number of anilines is 1. The molecule has 1 aromatic heterocycles. The molecule has 1 atom stereocenters. The van der Waals surface area contributed by atoms with Crippen LogP contribution in [0, 0.1) is 5.82 Å². The van der Waals surface area contributed by atoms with Crippen LogP contribution in [-0.2, 0) is 14.6 Å². The number of sulfone groups is 1. The number of nitrogens with one attached hydrogen (secondary N) is 1. The molecule has 0 bridgehead atoms. The molecular weight excluding hydrogens is 457 g/mol. The third-order valence-electron chi connectivity index (χ3n) is 4.79.